The van der Waals surface area contributed by atoms with E-state index in [4.69, 9.17) is 4.74 Å². The highest BCUT2D eigenvalue weighted by Crippen LogP contribution is 2.19. The second kappa shape index (κ2) is 15.0. The summed E-state index contributed by atoms with van der Waals surface area (Å²) < 4.78 is 5.36. The van der Waals surface area contributed by atoms with E-state index < -0.39 is 0 Å². The van der Waals surface area contributed by atoms with Crippen LogP contribution in [0.2, 0.25) is 0 Å². The number of nitrogens with zero attached hydrogens (tertiary/aromatic N) is 2. The van der Waals surface area contributed by atoms with Crippen LogP contribution in [0.15, 0.2) is 29.3 Å². The molecule has 0 aliphatic carbocycles. The highest BCUT2D eigenvalue weighted by atomic mass is 127. The Balaban J connectivity index is 0.00000392. The van der Waals surface area contributed by atoms with Crippen molar-refractivity contribution in [3.63, 3.8) is 0 Å². The van der Waals surface area contributed by atoms with Crippen molar-refractivity contribution in [2.45, 2.75) is 65.1 Å². The Morgan fingerprint density at radius 3 is 2.57 bits per heavy atom. The van der Waals surface area contributed by atoms with Crippen LogP contribution in [0.1, 0.15) is 57.1 Å². The Labute approximate surface area is 188 Å². The predicted octanol–water partition coefficient (Wildman–Crippen LogP) is 4.16. The van der Waals surface area contributed by atoms with Crippen LogP contribution >= 0.6 is 24.0 Å². The first-order chi connectivity index (χ1) is 13.2. The van der Waals surface area contributed by atoms with Gasteiger partial charge in [-0.2, -0.15) is 0 Å². The summed E-state index contributed by atoms with van der Waals surface area (Å²) in [6.07, 6.45) is 6.22. The van der Waals surface area contributed by atoms with Crippen molar-refractivity contribution in [2.75, 3.05) is 33.4 Å². The van der Waals surface area contributed by atoms with Gasteiger partial charge in [0.25, 0.3) is 0 Å². The van der Waals surface area contributed by atoms with Crippen molar-refractivity contribution in [3.05, 3.63) is 35.4 Å². The summed E-state index contributed by atoms with van der Waals surface area (Å²) in [5.41, 5.74) is 2.69. The van der Waals surface area contributed by atoms with E-state index in [0.29, 0.717) is 6.04 Å². The van der Waals surface area contributed by atoms with Gasteiger partial charge in [0, 0.05) is 45.9 Å². The Morgan fingerprint density at radius 2 is 1.89 bits per heavy atom. The Hall–Kier alpha value is -0.860. The minimum Gasteiger partial charge on any atom is -0.382 e. The molecule has 1 unspecified atom stereocenters. The number of ether oxygens (including phenoxy) is 1. The van der Waals surface area contributed by atoms with Crippen LogP contribution < -0.4 is 10.6 Å². The molecular formula is C22H39IN4O. The molecule has 1 fully saturated rings. The molecule has 1 aromatic carbocycles. The molecule has 0 spiro atoms. The summed E-state index contributed by atoms with van der Waals surface area (Å²) in [4.78, 5) is 6.90. The molecule has 1 saturated heterocycles. The number of guanidine groups is 1. The maximum Gasteiger partial charge on any atom is 0.191 e. The fourth-order valence-electron chi connectivity index (χ4n) is 3.48. The van der Waals surface area contributed by atoms with Crippen molar-refractivity contribution >= 4 is 29.9 Å². The zero-order valence-electron chi connectivity index (χ0n) is 17.9. The zero-order valence-corrected chi connectivity index (χ0v) is 20.2. The van der Waals surface area contributed by atoms with Crippen LogP contribution in [-0.4, -0.2) is 50.3 Å². The van der Waals surface area contributed by atoms with Gasteiger partial charge in [-0.3, -0.25) is 9.89 Å². The number of halogens is 1. The van der Waals surface area contributed by atoms with Gasteiger partial charge in [0.1, 0.15) is 0 Å². The van der Waals surface area contributed by atoms with Gasteiger partial charge in [-0.1, -0.05) is 30.7 Å². The van der Waals surface area contributed by atoms with Crippen LogP contribution in [-0.2, 0) is 17.8 Å². The van der Waals surface area contributed by atoms with Crippen LogP contribution in [0, 0.1) is 0 Å². The molecule has 2 rings (SSSR count). The summed E-state index contributed by atoms with van der Waals surface area (Å²) in [6, 6.07) is 9.70. The molecule has 1 atom stereocenters. The minimum atomic E-state index is 0. The third-order valence-corrected chi connectivity index (χ3v) is 5.24. The van der Waals surface area contributed by atoms with E-state index in [1.165, 1.54) is 36.9 Å². The van der Waals surface area contributed by atoms with Crippen molar-refractivity contribution in [3.8, 4) is 0 Å². The van der Waals surface area contributed by atoms with E-state index in [-0.39, 0.29) is 24.0 Å². The van der Waals surface area contributed by atoms with Crippen molar-refractivity contribution in [1.29, 1.82) is 0 Å². The number of nitrogens with one attached hydrogen (secondary N) is 2. The first-order valence-corrected chi connectivity index (χ1v) is 10.6. The lowest BCUT2D eigenvalue weighted by molar-refractivity contribution is 0.143. The Kier molecular flexibility index (Phi) is 13.5. The number of unbranched alkanes of at least 4 members (excludes halogenated alkanes) is 1. The second-order valence-electron chi connectivity index (χ2n) is 7.39. The second-order valence-corrected chi connectivity index (χ2v) is 7.39. The van der Waals surface area contributed by atoms with Crippen LogP contribution in [0.3, 0.4) is 0 Å². The molecule has 2 N–H and O–H groups in total. The van der Waals surface area contributed by atoms with E-state index in [9.17, 15) is 0 Å². The van der Waals surface area contributed by atoms with Crippen LogP contribution in [0.25, 0.3) is 0 Å². The minimum absolute atomic E-state index is 0. The van der Waals surface area contributed by atoms with E-state index in [1.54, 1.807) is 0 Å². The maximum absolute atomic E-state index is 5.36. The van der Waals surface area contributed by atoms with Crippen molar-refractivity contribution in [1.82, 2.24) is 15.5 Å². The number of piperidine rings is 1. The van der Waals surface area contributed by atoms with E-state index in [0.717, 1.165) is 51.6 Å². The lowest BCUT2D eigenvalue weighted by Crippen LogP contribution is -2.37. The number of likely N-dealkylation sites (tertiary alicyclic amines) is 1. The third kappa shape index (κ3) is 9.56. The van der Waals surface area contributed by atoms with Gasteiger partial charge in [-0.25, -0.2) is 0 Å². The van der Waals surface area contributed by atoms with Crippen LogP contribution in [0.4, 0.5) is 0 Å². The molecular weight excluding hydrogens is 463 g/mol. The van der Waals surface area contributed by atoms with E-state index in [2.05, 4.69) is 51.7 Å². The Morgan fingerprint density at radius 1 is 1.14 bits per heavy atom. The molecule has 0 saturated carbocycles. The first kappa shape index (κ1) is 25.2. The number of hydrogen-bond acceptors (Lipinski definition) is 3. The number of rotatable bonds is 10. The van der Waals surface area contributed by atoms with E-state index in [1.807, 2.05) is 14.0 Å². The highest BCUT2D eigenvalue weighted by Gasteiger charge is 2.17. The topological polar surface area (TPSA) is 48.9 Å². The van der Waals surface area contributed by atoms with Crippen molar-refractivity contribution < 1.29 is 4.74 Å². The fourth-order valence-corrected chi connectivity index (χ4v) is 3.48. The molecule has 6 heteroatoms. The molecule has 160 valence electrons. The van der Waals surface area contributed by atoms with Gasteiger partial charge in [0.15, 0.2) is 5.96 Å². The van der Waals surface area contributed by atoms with Gasteiger partial charge < -0.3 is 15.4 Å². The Bertz CT molecular complexity index is 550. The largest absolute Gasteiger partial charge is 0.382 e. The quantitative estimate of drug-likeness (QED) is 0.218. The standard InChI is InChI=1S/C22H38N4O.HI/c1-4-27-16-8-6-14-24-22(23-3)25-17-20-10-12-21(13-11-20)18-26-15-7-5-9-19(26)2;/h10-13,19H,4-9,14-18H2,1-3H3,(H2,23,24,25);1H. The lowest BCUT2D eigenvalue weighted by Gasteiger charge is -2.33. The summed E-state index contributed by atoms with van der Waals surface area (Å²) in [6.45, 7) is 10.0. The highest BCUT2D eigenvalue weighted by molar-refractivity contribution is 14.0. The first-order valence-electron chi connectivity index (χ1n) is 10.6. The molecule has 0 bridgehead atoms. The summed E-state index contributed by atoms with van der Waals surface area (Å²) in [5, 5.41) is 6.76. The molecule has 1 aromatic rings. The SMILES string of the molecule is CCOCCCCNC(=NC)NCc1ccc(CN2CCCCC2C)cc1.I. The maximum atomic E-state index is 5.36. The van der Waals surface area contributed by atoms with E-state index >= 15 is 0 Å². The van der Waals surface area contributed by atoms with Crippen molar-refractivity contribution in [2.24, 2.45) is 4.99 Å². The fraction of sp³-hybridized carbons (Fsp3) is 0.682. The smallest absolute Gasteiger partial charge is 0.191 e. The molecule has 1 aliphatic heterocycles. The predicted molar refractivity (Wildman–Crippen MR) is 130 cm³/mol. The number of benzene rings is 1. The summed E-state index contributed by atoms with van der Waals surface area (Å²) in [7, 11) is 1.82. The molecule has 1 heterocycles. The molecule has 5 nitrogen and oxygen atoms in total. The third-order valence-electron chi connectivity index (χ3n) is 5.24. The monoisotopic (exact) mass is 502 g/mol. The van der Waals surface area contributed by atoms with Gasteiger partial charge in [-0.15, -0.1) is 24.0 Å². The lowest BCUT2D eigenvalue weighted by atomic mass is 10.0. The molecule has 1 aliphatic rings. The van der Waals surface area contributed by atoms with Crippen LogP contribution in [0.5, 0.6) is 0 Å². The molecule has 0 amide bonds. The van der Waals surface area contributed by atoms with Gasteiger partial charge in [-0.05, 0) is 57.2 Å². The summed E-state index contributed by atoms with van der Waals surface area (Å²) >= 11 is 0. The normalized spacial score (nSPS) is 17.8. The van der Waals surface area contributed by atoms with Gasteiger partial charge in [0.2, 0.25) is 0 Å². The zero-order chi connectivity index (χ0) is 19.3. The number of hydrogen-bond donors (Lipinski definition) is 2. The van der Waals surface area contributed by atoms with Gasteiger partial charge >= 0.3 is 0 Å². The molecule has 28 heavy (non-hydrogen) atoms. The van der Waals surface area contributed by atoms with Gasteiger partial charge in [0.05, 0.1) is 0 Å². The average molecular weight is 502 g/mol. The summed E-state index contributed by atoms with van der Waals surface area (Å²) in [5.74, 6) is 0.859. The molecule has 0 radical (unpaired) electrons. The average Bonchev–Trinajstić information content (AvgIpc) is 2.70. The number of aliphatic imine (C=N–C) groups is 1. The molecule has 0 aromatic heterocycles.